The summed E-state index contributed by atoms with van der Waals surface area (Å²) in [6.45, 7) is 0.709. The molecule has 1 heterocycles. The normalized spacial score (nSPS) is 10.9. The van der Waals surface area contributed by atoms with Crippen molar-refractivity contribution in [2.75, 3.05) is 7.05 Å². The van der Waals surface area contributed by atoms with E-state index in [9.17, 15) is 4.39 Å². The van der Waals surface area contributed by atoms with Crippen LogP contribution in [0.2, 0.25) is 10.0 Å². The van der Waals surface area contributed by atoms with Gasteiger partial charge in [-0.1, -0.05) is 29.3 Å². The summed E-state index contributed by atoms with van der Waals surface area (Å²) in [5.41, 5.74) is 1.22. The van der Waals surface area contributed by atoms with E-state index in [0.29, 0.717) is 28.2 Å². The van der Waals surface area contributed by atoms with Crippen molar-refractivity contribution in [1.29, 1.82) is 0 Å². The predicted octanol–water partition coefficient (Wildman–Crippen LogP) is 4.01. The Hall–Kier alpha value is -1.12. The van der Waals surface area contributed by atoms with E-state index in [4.69, 9.17) is 23.2 Å². The number of pyridine rings is 1. The number of hydrogen-bond acceptors (Lipinski definition) is 2. The Labute approximate surface area is 161 Å². The summed E-state index contributed by atoms with van der Waals surface area (Å²) in [6.07, 6.45) is 1.55. The summed E-state index contributed by atoms with van der Waals surface area (Å²) < 4.78 is 13.5. The Balaban J connectivity index is 0.00000264. The lowest BCUT2D eigenvalue weighted by molar-refractivity contribution is 0.592. The SMILES string of the molecule is CN=C(NCc1ccc(Cl)cc1Cl)NCc1ncccc1F.I. The molecule has 0 fully saturated rings. The van der Waals surface area contributed by atoms with Crippen LogP contribution >= 0.6 is 47.2 Å². The van der Waals surface area contributed by atoms with E-state index in [0.717, 1.165) is 5.56 Å². The van der Waals surface area contributed by atoms with Crippen LogP contribution in [0.15, 0.2) is 41.5 Å². The van der Waals surface area contributed by atoms with Crippen molar-refractivity contribution >= 4 is 53.1 Å². The number of nitrogens with one attached hydrogen (secondary N) is 2. The Morgan fingerprint density at radius 1 is 1.22 bits per heavy atom. The molecule has 0 bridgehead atoms. The third-order valence-corrected chi connectivity index (χ3v) is 3.53. The second-order valence-electron chi connectivity index (χ2n) is 4.45. The molecule has 0 spiro atoms. The minimum Gasteiger partial charge on any atom is -0.352 e. The van der Waals surface area contributed by atoms with Crippen LogP contribution in [0.4, 0.5) is 4.39 Å². The number of nitrogens with zero attached hydrogens (tertiary/aromatic N) is 2. The number of rotatable bonds is 4. The largest absolute Gasteiger partial charge is 0.352 e. The van der Waals surface area contributed by atoms with Gasteiger partial charge in [0, 0.05) is 29.8 Å². The van der Waals surface area contributed by atoms with Crippen molar-refractivity contribution in [2.24, 2.45) is 4.99 Å². The number of aliphatic imine (C=N–C) groups is 1. The van der Waals surface area contributed by atoms with Crippen molar-refractivity contribution in [1.82, 2.24) is 15.6 Å². The first-order chi connectivity index (χ1) is 10.6. The van der Waals surface area contributed by atoms with Gasteiger partial charge >= 0.3 is 0 Å². The lowest BCUT2D eigenvalue weighted by atomic mass is 10.2. The fraction of sp³-hybridized carbons (Fsp3) is 0.200. The minimum absolute atomic E-state index is 0. The molecule has 0 atom stereocenters. The number of aromatic nitrogens is 1. The van der Waals surface area contributed by atoms with Crippen molar-refractivity contribution in [2.45, 2.75) is 13.1 Å². The summed E-state index contributed by atoms with van der Waals surface area (Å²) >= 11 is 12.0. The molecule has 0 saturated heterocycles. The van der Waals surface area contributed by atoms with E-state index in [1.54, 1.807) is 31.4 Å². The first-order valence-corrected chi connectivity index (χ1v) is 7.33. The van der Waals surface area contributed by atoms with Gasteiger partial charge < -0.3 is 10.6 Å². The zero-order chi connectivity index (χ0) is 15.9. The van der Waals surface area contributed by atoms with Gasteiger partial charge in [-0.3, -0.25) is 9.98 Å². The van der Waals surface area contributed by atoms with Gasteiger partial charge in [-0.25, -0.2) is 4.39 Å². The molecule has 0 aliphatic carbocycles. The van der Waals surface area contributed by atoms with Gasteiger partial charge in [-0.2, -0.15) is 0 Å². The molecule has 2 N–H and O–H groups in total. The van der Waals surface area contributed by atoms with Gasteiger partial charge in [0.25, 0.3) is 0 Å². The van der Waals surface area contributed by atoms with Crippen LogP contribution in [-0.2, 0) is 13.1 Å². The highest BCUT2D eigenvalue weighted by molar-refractivity contribution is 14.0. The van der Waals surface area contributed by atoms with Crippen LogP contribution in [0.5, 0.6) is 0 Å². The monoisotopic (exact) mass is 468 g/mol. The van der Waals surface area contributed by atoms with Gasteiger partial charge in [0.15, 0.2) is 5.96 Å². The molecule has 0 aliphatic rings. The molecule has 0 radical (unpaired) electrons. The average Bonchev–Trinajstić information content (AvgIpc) is 2.50. The molecule has 8 heteroatoms. The van der Waals surface area contributed by atoms with Crippen LogP contribution in [0.1, 0.15) is 11.3 Å². The van der Waals surface area contributed by atoms with Crippen molar-refractivity contribution < 1.29 is 4.39 Å². The molecule has 23 heavy (non-hydrogen) atoms. The van der Waals surface area contributed by atoms with Crippen LogP contribution in [0, 0.1) is 5.82 Å². The molecule has 1 aromatic carbocycles. The Morgan fingerprint density at radius 3 is 2.61 bits per heavy atom. The van der Waals surface area contributed by atoms with E-state index < -0.39 is 0 Å². The maximum Gasteiger partial charge on any atom is 0.191 e. The predicted molar refractivity (Wildman–Crippen MR) is 103 cm³/mol. The second kappa shape index (κ2) is 9.89. The quantitative estimate of drug-likeness (QED) is 0.405. The Kier molecular flexibility index (Phi) is 8.57. The summed E-state index contributed by atoms with van der Waals surface area (Å²) in [7, 11) is 1.63. The third kappa shape index (κ3) is 6.12. The molecule has 0 saturated carbocycles. The number of benzene rings is 1. The topological polar surface area (TPSA) is 49.3 Å². The van der Waals surface area contributed by atoms with Crippen molar-refractivity contribution in [3.8, 4) is 0 Å². The highest BCUT2D eigenvalue weighted by Gasteiger charge is 2.05. The molecular weight excluding hydrogens is 453 g/mol. The average molecular weight is 469 g/mol. The smallest absolute Gasteiger partial charge is 0.191 e. The molecule has 2 rings (SSSR count). The molecular formula is C15H16Cl2FIN4. The van der Waals surface area contributed by atoms with Gasteiger partial charge in [0.05, 0.1) is 12.2 Å². The summed E-state index contributed by atoms with van der Waals surface area (Å²) in [4.78, 5) is 8.04. The Morgan fingerprint density at radius 2 is 1.96 bits per heavy atom. The standard InChI is InChI=1S/C15H15Cl2FN4.HI/c1-19-15(22-9-14-13(18)3-2-6-20-14)21-8-10-4-5-11(16)7-12(10)17;/h2-7H,8-9H2,1H3,(H2,19,21,22);1H. The molecule has 124 valence electrons. The fourth-order valence-corrected chi connectivity index (χ4v) is 2.26. The highest BCUT2D eigenvalue weighted by Crippen LogP contribution is 2.20. The van der Waals surface area contributed by atoms with E-state index in [2.05, 4.69) is 20.6 Å². The molecule has 4 nitrogen and oxygen atoms in total. The van der Waals surface area contributed by atoms with Gasteiger partial charge in [-0.15, -0.1) is 24.0 Å². The fourth-order valence-electron chi connectivity index (χ4n) is 1.78. The number of guanidine groups is 1. The minimum atomic E-state index is -0.355. The Bertz CT molecular complexity index is 682. The second-order valence-corrected chi connectivity index (χ2v) is 5.29. The zero-order valence-corrected chi connectivity index (χ0v) is 16.2. The van der Waals surface area contributed by atoms with Crippen LogP contribution in [0.25, 0.3) is 0 Å². The number of halogens is 4. The lowest BCUT2D eigenvalue weighted by Crippen LogP contribution is -2.36. The van der Waals surface area contributed by atoms with Crippen LogP contribution in [-0.4, -0.2) is 18.0 Å². The van der Waals surface area contributed by atoms with Gasteiger partial charge in [0.1, 0.15) is 5.82 Å². The molecule has 1 aromatic heterocycles. The van der Waals surface area contributed by atoms with E-state index in [1.165, 1.54) is 6.07 Å². The molecule has 0 amide bonds. The molecule has 0 unspecified atom stereocenters. The summed E-state index contributed by atoms with van der Waals surface area (Å²) in [6, 6.07) is 8.20. The molecule has 2 aromatic rings. The van der Waals surface area contributed by atoms with Crippen molar-refractivity contribution in [3.63, 3.8) is 0 Å². The highest BCUT2D eigenvalue weighted by atomic mass is 127. The first kappa shape index (κ1) is 19.9. The van der Waals surface area contributed by atoms with E-state index in [1.807, 2.05) is 6.07 Å². The lowest BCUT2D eigenvalue weighted by Gasteiger charge is -2.12. The van der Waals surface area contributed by atoms with Gasteiger partial charge in [-0.05, 0) is 29.8 Å². The van der Waals surface area contributed by atoms with Crippen LogP contribution in [0.3, 0.4) is 0 Å². The molecule has 0 aliphatic heterocycles. The third-order valence-electron chi connectivity index (χ3n) is 2.94. The van der Waals surface area contributed by atoms with Crippen molar-refractivity contribution in [3.05, 3.63) is 63.6 Å². The maximum atomic E-state index is 13.5. The summed E-state index contributed by atoms with van der Waals surface area (Å²) in [5.74, 6) is 0.169. The van der Waals surface area contributed by atoms with E-state index in [-0.39, 0.29) is 36.3 Å². The zero-order valence-electron chi connectivity index (χ0n) is 12.3. The maximum absolute atomic E-state index is 13.5. The summed E-state index contributed by atoms with van der Waals surface area (Å²) in [5, 5.41) is 7.25. The van der Waals surface area contributed by atoms with Crippen LogP contribution < -0.4 is 10.6 Å². The van der Waals surface area contributed by atoms with Gasteiger partial charge in [0.2, 0.25) is 0 Å². The first-order valence-electron chi connectivity index (χ1n) is 6.58. The number of hydrogen-bond donors (Lipinski definition) is 2. The van der Waals surface area contributed by atoms with E-state index >= 15 is 0 Å².